The van der Waals surface area contributed by atoms with E-state index in [9.17, 15) is 9.59 Å². The first-order valence-electron chi connectivity index (χ1n) is 8.45. The van der Waals surface area contributed by atoms with Crippen LogP contribution in [0, 0.1) is 0 Å². The van der Waals surface area contributed by atoms with Gasteiger partial charge in [-0.25, -0.2) is 9.78 Å². The number of aromatic nitrogens is 2. The van der Waals surface area contributed by atoms with Crippen LogP contribution in [0.15, 0.2) is 54.6 Å². The highest BCUT2D eigenvalue weighted by atomic mass is 35.5. The molecule has 7 heteroatoms. The molecule has 2 rings (SSSR count). The predicted octanol–water partition coefficient (Wildman–Crippen LogP) is 5.86. The minimum absolute atomic E-state index is 0.0532. The fourth-order valence-electron chi connectivity index (χ4n) is 2.23. The summed E-state index contributed by atoms with van der Waals surface area (Å²) in [4.78, 5) is 28.1. The van der Waals surface area contributed by atoms with Crippen LogP contribution >= 0.6 is 23.2 Å². The number of carbonyl (C=O) groups excluding carboxylic acids is 2. The number of ether oxygens (including phenoxy) is 1. The predicted molar refractivity (Wildman–Crippen MR) is 114 cm³/mol. The van der Waals surface area contributed by atoms with Gasteiger partial charge in [0.05, 0.1) is 6.61 Å². The summed E-state index contributed by atoms with van der Waals surface area (Å²) < 4.78 is 6.49. The molecule has 0 fully saturated rings. The van der Waals surface area contributed by atoms with Gasteiger partial charge in [0.15, 0.2) is 12.0 Å². The second-order valence-corrected chi connectivity index (χ2v) is 6.19. The van der Waals surface area contributed by atoms with Crippen molar-refractivity contribution in [3.8, 4) is 5.69 Å². The van der Waals surface area contributed by atoms with Gasteiger partial charge in [-0.05, 0) is 45.0 Å². The maximum absolute atomic E-state index is 12.2. The number of halogens is 2. The van der Waals surface area contributed by atoms with E-state index >= 15 is 0 Å². The normalized spacial score (nSPS) is 10.5. The van der Waals surface area contributed by atoms with Crippen molar-refractivity contribution in [2.45, 2.75) is 20.8 Å². The van der Waals surface area contributed by atoms with Crippen LogP contribution in [0.1, 0.15) is 47.6 Å². The Morgan fingerprint density at radius 1 is 1.29 bits per heavy atom. The lowest BCUT2D eigenvalue weighted by Crippen LogP contribution is -2.09. The molecular weight excluding hydrogens is 399 g/mol. The van der Waals surface area contributed by atoms with Crippen molar-refractivity contribution in [1.82, 2.24) is 9.55 Å². The molecule has 0 spiro atoms. The SMILES string of the molecule is C=C(/C(Cl)=C\C)c1nc(C(=O)OCC)c(C=O)n1-c1ccc(Cl)cc1.C=CC. The average molecular weight is 421 g/mol. The Hall–Kier alpha value is -2.63. The van der Waals surface area contributed by atoms with Crippen LogP contribution in [0.4, 0.5) is 0 Å². The molecule has 28 heavy (non-hydrogen) atoms. The van der Waals surface area contributed by atoms with Crippen molar-refractivity contribution in [3.05, 3.63) is 76.8 Å². The van der Waals surface area contributed by atoms with E-state index in [4.69, 9.17) is 27.9 Å². The van der Waals surface area contributed by atoms with Crippen molar-refractivity contribution < 1.29 is 14.3 Å². The molecule has 148 valence electrons. The van der Waals surface area contributed by atoms with E-state index in [2.05, 4.69) is 18.1 Å². The van der Waals surface area contributed by atoms with E-state index in [0.29, 0.717) is 27.6 Å². The van der Waals surface area contributed by atoms with Crippen LogP contribution in [0.2, 0.25) is 5.02 Å². The van der Waals surface area contributed by atoms with E-state index in [1.54, 1.807) is 50.3 Å². The van der Waals surface area contributed by atoms with Gasteiger partial charge in [0, 0.05) is 21.3 Å². The van der Waals surface area contributed by atoms with Gasteiger partial charge < -0.3 is 4.74 Å². The van der Waals surface area contributed by atoms with E-state index in [0.717, 1.165) is 0 Å². The van der Waals surface area contributed by atoms with Gasteiger partial charge in [0.25, 0.3) is 0 Å². The number of imidazole rings is 1. The standard InChI is InChI=1S/C18H16Cl2N2O3.C3H6/c1-4-14(20)11(3)17-21-16(18(24)25-5-2)15(10-23)22(17)13-8-6-12(19)7-9-13;1-3-2/h4,6-10H,3,5H2,1-2H3;3H,1H2,2H3/b14-4+;. The fourth-order valence-corrected chi connectivity index (χ4v) is 2.44. The largest absolute Gasteiger partial charge is 0.461 e. The molecule has 0 saturated heterocycles. The van der Waals surface area contributed by atoms with Gasteiger partial charge >= 0.3 is 5.97 Å². The second kappa shape index (κ2) is 11.3. The fraction of sp³-hybridized carbons (Fsp3) is 0.190. The lowest BCUT2D eigenvalue weighted by molar-refractivity contribution is 0.0517. The molecule has 0 saturated carbocycles. The van der Waals surface area contributed by atoms with Crippen LogP contribution in [-0.4, -0.2) is 28.4 Å². The van der Waals surface area contributed by atoms with Gasteiger partial charge in [-0.15, -0.1) is 6.58 Å². The minimum atomic E-state index is -0.692. The summed E-state index contributed by atoms with van der Waals surface area (Å²) in [5.74, 6) is -0.418. The number of esters is 1. The van der Waals surface area contributed by atoms with Crippen LogP contribution < -0.4 is 0 Å². The van der Waals surface area contributed by atoms with Gasteiger partial charge in [-0.1, -0.05) is 41.9 Å². The topological polar surface area (TPSA) is 61.2 Å². The summed E-state index contributed by atoms with van der Waals surface area (Å²) >= 11 is 12.1. The van der Waals surface area contributed by atoms with Crippen LogP contribution in [-0.2, 0) is 4.74 Å². The van der Waals surface area contributed by atoms with E-state index in [1.165, 1.54) is 4.57 Å². The molecule has 0 amide bonds. The lowest BCUT2D eigenvalue weighted by Gasteiger charge is -2.11. The molecular formula is C21H22Cl2N2O3. The maximum Gasteiger partial charge on any atom is 0.359 e. The number of allylic oxidation sites excluding steroid dienone is 4. The molecule has 0 aliphatic rings. The molecule has 0 aliphatic carbocycles. The summed E-state index contributed by atoms with van der Waals surface area (Å²) in [5.41, 5.74) is 0.921. The number of carbonyl (C=O) groups is 2. The number of hydrogen-bond acceptors (Lipinski definition) is 4. The highest BCUT2D eigenvalue weighted by Crippen LogP contribution is 2.29. The van der Waals surface area contributed by atoms with Crippen molar-refractivity contribution in [2.75, 3.05) is 6.61 Å². The van der Waals surface area contributed by atoms with E-state index in [1.807, 2.05) is 6.92 Å². The van der Waals surface area contributed by atoms with Crippen molar-refractivity contribution in [3.63, 3.8) is 0 Å². The maximum atomic E-state index is 12.2. The summed E-state index contributed by atoms with van der Waals surface area (Å²) in [6, 6.07) is 6.73. The Labute approximate surface area is 174 Å². The molecule has 1 aromatic heterocycles. The zero-order chi connectivity index (χ0) is 21.3. The lowest BCUT2D eigenvalue weighted by atomic mass is 10.2. The van der Waals surface area contributed by atoms with Crippen molar-refractivity contribution >= 4 is 41.0 Å². The second-order valence-electron chi connectivity index (χ2n) is 5.34. The van der Waals surface area contributed by atoms with Gasteiger partial charge in [0.2, 0.25) is 0 Å². The van der Waals surface area contributed by atoms with E-state index < -0.39 is 5.97 Å². The average Bonchev–Trinajstić information content (AvgIpc) is 3.07. The molecule has 0 unspecified atom stereocenters. The van der Waals surface area contributed by atoms with Gasteiger partial charge in [-0.2, -0.15) is 0 Å². The van der Waals surface area contributed by atoms with Crippen LogP contribution in [0.3, 0.4) is 0 Å². The highest BCUT2D eigenvalue weighted by Gasteiger charge is 2.26. The summed E-state index contributed by atoms with van der Waals surface area (Å²) in [5, 5.41) is 0.891. The Morgan fingerprint density at radius 3 is 2.32 bits per heavy atom. The Balaban J connectivity index is 0.00000122. The zero-order valence-electron chi connectivity index (χ0n) is 16.0. The third-order valence-corrected chi connectivity index (χ3v) is 4.09. The van der Waals surface area contributed by atoms with Crippen LogP contribution in [0.5, 0.6) is 0 Å². The summed E-state index contributed by atoms with van der Waals surface area (Å²) in [6.07, 6.45) is 3.95. The first kappa shape index (κ1) is 23.4. The monoisotopic (exact) mass is 420 g/mol. The molecule has 1 aromatic carbocycles. The molecule has 0 radical (unpaired) electrons. The number of rotatable bonds is 6. The quantitative estimate of drug-likeness (QED) is 0.254. The molecule has 1 heterocycles. The van der Waals surface area contributed by atoms with Crippen molar-refractivity contribution in [2.24, 2.45) is 0 Å². The van der Waals surface area contributed by atoms with Crippen LogP contribution in [0.25, 0.3) is 11.3 Å². The zero-order valence-corrected chi connectivity index (χ0v) is 17.5. The molecule has 0 bridgehead atoms. The number of nitrogens with zero attached hydrogens (tertiary/aromatic N) is 2. The minimum Gasteiger partial charge on any atom is -0.461 e. The third kappa shape index (κ3) is 5.44. The Bertz CT molecular complexity index is 897. The number of aldehydes is 1. The number of benzene rings is 1. The molecule has 0 N–H and O–H groups in total. The smallest absolute Gasteiger partial charge is 0.359 e. The van der Waals surface area contributed by atoms with Gasteiger partial charge in [-0.3, -0.25) is 9.36 Å². The first-order chi connectivity index (χ1) is 13.4. The molecule has 2 aromatic rings. The van der Waals surface area contributed by atoms with E-state index in [-0.39, 0.29) is 23.8 Å². The van der Waals surface area contributed by atoms with Crippen molar-refractivity contribution in [1.29, 1.82) is 0 Å². The molecule has 0 atom stereocenters. The molecule has 5 nitrogen and oxygen atoms in total. The molecule has 0 aliphatic heterocycles. The third-order valence-electron chi connectivity index (χ3n) is 3.39. The first-order valence-corrected chi connectivity index (χ1v) is 9.21. The highest BCUT2D eigenvalue weighted by molar-refractivity contribution is 6.36. The van der Waals surface area contributed by atoms with Gasteiger partial charge in [0.1, 0.15) is 11.5 Å². The Kier molecular flexibility index (Phi) is 9.42. The summed E-state index contributed by atoms with van der Waals surface area (Å²) in [6.45, 7) is 12.7. The summed E-state index contributed by atoms with van der Waals surface area (Å²) in [7, 11) is 0. The number of hydrogen-bond donors (Lipinski definition) is 0. The Morgan fingerprint density at radius 2 is 1.86 bits per heavy atom.